The highest BCUT2D eigenvalue weighted by Gasteiger charge is 2.65. The molecule has 71 heavy (non-hydrogen) atoms. The average Bonchev–Trinajstić information content (AvgIpc) is 3.88. The van der Waals surface area contributed by atoms with Crippen LogP contribution in [0.5, 0.6) is 34.5 Å². The second kappa shape index (κ2) is 22.6. The van der Waals surface area contributed by atoms with Crippen LogP contribution in [0.1, 0.15) is 108 Å². The van der Waals surface area contributed by atoms with Gasteiger partial charge in [-0.05, 0) is 134 Å². The Labute approximate surface area is 414 Å². The van der Waals surface area contributed by atoms with E-state index in [0.717, 1.165) is 61.5 Å². The van der Waals surface area contributed by atoms with Crippen LogP contribution in [0.4, 0.5) is 0 Å². The summed E-state index contributed by atoms with van der Waals surface area (Å²) in [6.45, 7) is 4.97. The number of carbonyl (C=O) groups is 2. The SMILES string of the molecule is C=CCO[C@@]12Oc3ccc(Oc4ccc(OC)c(C=O)c4)cc3[C@H]3[C@H](CCCCO)[C@@H](CCCCO)C=C(C(=NOC4CCCCO4)C[C@@H]1N(Cc1ccc4c(c1)OCO4)C(=O)c1ccc(C#N)cc1)[C@H]32. The van der Waals surface area contributed by atoms with Gasteiger partial charge >= 0.3 is 0 Å². The van der Waals surface area contributed by atoms with Gasteiger partial charge in [-0.1, -0.05) is 36.2 Å². The number of aldehydes is 1. The quantitative estimate of drug-likeness (QED) is 0.0348. The van der Waals surface area contributed by atoms with Gasteiger partial charge < -0.3 is 53.1 Å². The number of rotatable bonds is 21. The van der Waals surface area contributed by atoms with Crippen molar-refractivity contribution in [3.05, 3.63) is 131 Å². The normalized spacial score (nSPS) is 24.3. The molecule has 4 aromatic carbocycles. The van der Waals surface area contributed by atoms with E-state index in [4.69, 9.17) is 43.2 Å². The lowest BCUT2D eigenvalue weighted by Gasteiger charge is -2.60. The molecular formula is C56H61N3O12. The van der Waals surface area contributed by atoms with Crippen LogP contribution in [0.2, 0.25) is 0 Å². The predicted molar refractivity (Wildman–Crippen MR) is 262 cm³/mol. The van der Waals surface area contributed by atoms with Gasteiger partial charge in [-0.2, -0.15) is 5.26 Å². The molecule has 372 valence electrons. The van der Waals surface area contributed by atoms with Gasteiger partial charge in [0.05, 0.1) is 49.1 Å². The van der Waals surface area contributed by atoms with E-state index in [1.54, 1.807) is 53.4 Å². The van der Waals surface area contributed by atoms with Gasteiger partial charge in [0.15, 0.2) is 17.8 Å². The van der Waals surface area contributed by atoms with Crippen molar-refractivity contribution in [1.29, 1.82) is 5.26 Å². The molecule has 7 atom stereocenters. The van der Waals surface area contributed by atoms with Crippen LogP contribution in [0.15, 0.2) is 108 Å². The van der Waals surface area contributed by atoms with Crippen molar-refractivity contribution in [2.24, 2.45) is 22.9 Å². The van der Waals surface area contributed by atoms with Crippen LogP contribution >= 0.6 is 0 Å². The maximum atomic E-state index is 15.6. The number of ether oxygens (including phenoxy) is 7. The minimum absolute atomic E-state index is 0.0152. The summed E-state index contributed by atoms with van der Waals surface area (Å²) < 4.78 is 44.2. The monoisotopic (exact) mass is 967 g/mol. The lowest BCUT2D eigenvalue weighted by molar-refractivity contribution is -0.255. The van der Waals surface area contributed by atoms with Gasteiger partial charge in [-0.15, -0.1) is 6.58 Å². The van der Waals surface area contributed by atoms with Crippen molar-refractivity contribution in [3.8, 4) is 40.6 Å². The fourth-order valence-corrected chi connectivity index (χ4v) is 11.0. The van der Waals surface area contributed by atoms with Crippen molar-refractivity contribution in [2.75, 3.05) is 40.3 Å². The number of oxime groups is 1. The third kappa shape index (κ3) is 10.4. The maximum Gasteiger partial charge on any atom is 0.254 e. The Morgan fingerprint density at radius 1 is 0.944 bits per heavy atom. The fourth-order valence-electron chi connectivity index (χ4n) is 11.0. The zero-order valence-corrected chi connectivity index (χ0v) is 40.0. The summed E-state index contributed by atoms with van der Waals surface area (Å²) in [6.07, 6.45) is 11.0. The smallest absolute Gasteiger partial charge is 0.254 e. The molecule has 1 saturated heterocycles. The first-order chi connectivity index (χ1) is 34.8. The van der Waals surface area contributed by atoms with E-state index >= 15 is 4.79 Å². The van der Waals surface area contributed by atoms with E-state index in [0.29, 0.717) is 82.8 Å². The highest BCUT2D eigenvalue weighted by molar-refractivity contribution is 6.03. The lowest BCUT2D eigenvalue weighted by Crippen LogP contribution is -2.70. The number of amides is 1. The Morgan fingerprint density at radius 3 is 2.46 bits per heavy atom. The largest absolute Gasteiger partial charge is 0.496 e. The standard InChI is InChI=1S/C56H61N3O12/c1-3-25-68-56-51(59(55(63)38-16-13-36(32-57)14-17-38)33-37-15-20-49-50(27-37)67-35-66-49)31-46(58-71-52-12-6-9-26-65-52)44-29-39(10-4-7-23-60)43(11-5-8-24-61)53(54(44)56)45-30-42(19-22-48(45)70-56)69-41-18-21-47(64-2)40(28-41)34-62/h3,13-22,27-30,34,39,43,51-54,60-61H,1,4-12,23-26,31,33,35H2,2H3/t39-,43+,51-,52?,53+,54+,56+/m0/s1. The molecule has 2 N–H and O–H groups in total. The van der Waals surface area contributed by atoms with Crippen LogP contribution in [0.25, 0.3) is 0 Å². The molecule has 15 heteroatoms. The number of hydrogen-bond acceptors (Lipinski definition) is 14. The molecule has 9 rings (SSSR count). The van der Waals surface area contributed by atoms with Gasteiger partial charge in [0.2, 0.25) is 18.9 Å². The Balaban J connectivity index is 1.26. The Bertz CT molecular complexity index is 2660. The summed E-state index contributed by atoms with van der Waals surface area (Å²) in [5.41, 5.74) is 4.23. The molecule has 15 nitrogen and oxygen atoms in total. The number of benzene rings is 4. The summed E-state index contributed by atoms with van der Waals surface area (Å²) in [7, 11) is 1.51. The van der Waals surface area contributed by atoms with E-state index in [1.807, 2.05) is 36.4 Å². The Hall–Kier alpha value is -6.70. The molecule has 5 aliphatic rings. The number of unbranched alkanes of at least 4 members (excludes halogenated alkanes) is 2. The molecule has 3 aliphatic heterocycles. The van der Waals surface area contributed by atoms with E-state index in [9.17, 15) is 20.3 Å². The van der Waals surface area contributed by atoms with Crippen molar-refractivity contribution >= 4 is 17.9 Å². The van der Waals surface area contributed by atoms with Crippen LogP contribution in [-0.2, 0) is 20.9 Å². The summed E-state index contributed by atoms with van der Waals surface area (Å²) in [5.74, 6) is 0.155. The Morgan fingerprint density at radius 2 is 1.72 bits per heavy atom. The van der Waals surface area contributed by atoms with Crippen LogP contribution in [0.3, 0.4) is 0 Å². The number of carbonyl (C=O) groups excluding carboxylic acids is 2. The van der Waals surface area contributed by atoms with Gasteiger partial charge in [0.25, 0.3) is 5.91 Å². The second-order valence-corrected chi connectivity index (χ2v) is 18.6. The van der Waals surface area contributed by atoms with Gasteiger partial charge in [0.1, 0.15) is 29.0 Å². The molecular weight excluding hydrogens is 907 g/mol. The Kier molecular flexibility index (Phi) is 15.7. The summed E-state index contributed by atoms with van der Waals surface area (Å²) in [6, 6.07) is 24.3. The van der Waals surface area contributed by atoms with Gasteiger partial charge in [-0.3, -0.25) is 9.59 Å². The molecule has 1 amide bonds. The molecule has 2 aliphatic carbocycles. The lowest BCUT2D eigenvalue weighted by atomic mass is 9.55. The van der Waals surface area contributed by atoms with E-state index in [2.05, 4.69) is 18.7 Å². The molecule has 0 bridgehead atoms. The number of fused-ring (bicyclic) bond motifs is 3. The van der Waals surface area contributed by atoms with E-state index < -0.39 is 24.0 Å². The maximum absolute atomic E-state index is 15.6. The average molecular weight is 968 g/mol. The zero-order chi connectivity index (χ0) is 49.3. The molecule has 0 radical (unpaired) electrons. The third-order valence-corrected chi connectivity index (χ3v) is 14.3. The van der Waals surface area contributed by atoms with Gasteiger partial charge in [0, 0.05) is 49.6 Å². The molecule has 4 aromatic rings. The van der Waals surface area contributed by atoms with Crippen molar-refractivity contribution < 1.29 is 57.8 Å². The highest BCUT2D eigenvalue weighted by atomic mass is 16.8. The van der Waals surface area contributed by atoms with Crippen LogP contribution in [-0.4, -0.2) is 91.5 Å². The van der Waals surface area contributed by atoms with E-state index in [1.165, 1.54) is 7.11 Å². The first-order valence-corrected chi connectivity index (χ1v) is 24.7. The van der Waals surface area contributed by atoms with Crippen molar-refractivity contribution in [3.63, 3.8) is 0 Å². The number of hydrogen-bond donors (Lipinski definition) is 2. The molecule has 0 aromatic heterocycles. The number of aliphatic hydroxyl groups excluding tert-OH is 2. The number of nitrogens with zero attached hydrogens (tertiary/aromatic N) is 3. The van der Waals surface area contributed by atoms with Crippen molar-refractivity contribution in [2.45, 2.75) is 94.8 Å². The predicted octanol–water partition coefficient (Wildman–Crippen LogP) is 9.40. The molecule has 3 heterocycles. The number of nitriles is 1. The molecule has 1 unspecified atom stereocenters. The topological polar surface area (TPSA) is 188 Å². The zero-order valence-electron chi connectivity index (χ0n) is 40.0. The fraction of sp³-hybridized carbons (Fsp3) is 0.429. The van der Waals surface area contributed by atoms with Gasteiger partial charge in [-0.25, -0.2) is 0 Å². The van der Waals surface area contributed by atoms with E-state index in [-0.39, 0.29) is 63.2 Å². The number of allylic oxidation sites excluding steroid dienone is 1. The van der Waals surface area contributed by atoms with Crippen molar-refractivity contribution in [1.82, 2.24) is 4.90 Å². The molecule has 2 fully saturated rings. The van der Waals surface area contributed by atoms with Crippen LogP contribution < -0.4 is 23.7 Å². The number of methoxy groups -OCH3 is 1. The minimum Gasteiger partial charge on any atom is -0.496 e. The summed E-state index contributed by atoms with van der Waals surface area (Å²) in [4.78, 5) is 35.8. The first kappa shape index (κ1) is 49.3. The third-order valence-electron chi connectivity index (χ3n) is 14.3. The second-order valence-electron chi connectivity index (χ2n) is 18.6. The van der Waals surface area contributed by atoms with Crippen LogP contribution in [0, 0.1) is 29.1 Å². The summed E-state index contributed by atoms with van der Waals surface area (Å²) >= 11 is 0. The first-order valence-electron chi connectivity index (χ1n) is 24.7. The molecule has 1 saturated carbocycles. The highest BCUT2D eigenvalue weighted by Crippen LogP contribution is 2.62. The molecule has 0 spiro atoms. The minimum atomic E-state index is -1.57. The number of aliphatic hydroxyl groups is 2. The summed E-state index contributed by atoms with van der Waals surface area (Å²) in [5, 5.41) is 34.9.